The minimum absolute atomic E-state index is 0.251. The molecule has 0 atom stereocenters. The molecule has 0 aromatic heterocycles. The first-order chi connectivity index (χ1) is 9.02. The average molecular weight is 265 g/mol. The first kappa shape index (κ1) is 15.7. The Morgan fingerprint density at radius 3 is 2.63 bits per heavy atom. The van der Waals surface area contributed by atoms with E-state index in [9.17, 15) is 4.79 Å². The summed E-state index contributed by atoms with van der Waals surface area (Å²) in [6, 6.07) is 10.2. The summed E-state index contributed by atoms with van der Waals surface area (Å²) in [4.78, 5) is 10.9. The van der Waals surface area contributed by atoms with E-state index >= 15 is 0 Å². The van der Waals surface area contributed by atoms with Crippen molar-refractivity contribution >= 4 is 5.97 Å². The zero-order chi connectivity index (χ0) is 14.1. The summed E-state index contributed by atoms with van der Waals surface area (Å²) >= 11 is 0. The molecule has 1 aromatic carbocycles. The highest BCUT2D eigenvalue weighted by molar-refractivity contribution is 5.73. The number of hydrogen-bond donors (Lipinski definition) is 2. The molecule has 1 aromatic rings. The molecule has 0 bridgehead atoms. The van der Waals surface area contributed by atoms with E-state index in [4.69, 9.17) is 9.84 Å². The number of carboxylic acid groups (broad SMARTS) is 1. The van der Waals surface area contributed by atoms with Gasteiger partial charge in [-0.2, -0.15) is 0 Å². The normalized spacial score (nSPS) is 11.5. The maximum atomic E-state index is 10.9. The van der Waals surface area contributed by atoms with Crippen LogP contribution in [0.15, 0.2) is 30.3 Å². The summed E-state index contributed by atoms with van der Waals surface area (Å²) in [5.41, 5.74) is 0.452. The molecule has 0 radical (unpaired) electrons. The number of aliphatic carboxylic acids is 1. The van der Waals surface area contributed by atoms with Crippen molar-refractivity contribution in [3.05, 3.63) is 35.9 Å². The number of carbonyl (C=O) groups is 1. The molecule has 0 heterocycles. The molecule has 0 saturated heterocycles. The second kappa shape index (κ2) is 7.92. The van der Waals surface area contributed by atoms with Crippen molar-refractivity contribution in [3.63, 3.8) is 0 Å². The van der Waals surface area contributed by atoms with E-state index in [0.717, 1.165) is 19.5 Å². The van der Waals surface area contributed by atoms with Crippen molar-refractivity contribution in [2.24, 2.45) is 5.41 Å². The van der Waals surface area contributed by atoms with Crippen molar-refractivity contribution in [1.29, 1.82) is 0 Å². The van der Waals surface area contributed by atoms with Crippen LogP contribution in [0.25, 0.3) is 0 Å². The first-order valence-corrected chi connectivity index (χ1v) is 6.58. The molecule has 106 valence electrons. The summed E-state index contributed by atoms with van der Waals surface area (Å²) in [5, 5.41) is 12.2. The summed E-state index contributed by atoms with van der Waals surface area (Å²) in [5.74, 6) is -0.824. The third kappa shape index (κ3) is 6.36. The van der Waals surface area contributed by atoms with Crippen molar-refractivity contribution in [1.82, 2.24) is 5.32 Å². The summed E-state index contributed by atoms with van der Waals surface area (Å²) in [6.45, 7) is 5.88. The van der Waals surface area contributed by atoms with Gasteiger partial charge in [0.25, 0.3) is 0 Å². The number of nitrogens with one attached hydrogen (secondary N) is 1. The van der Waals surface area contributed by atoms with Crippen molar-refractivity contribution in [2.75, 3.05) is 19.8 Å². The highest BCUT2D eigenvalue weighted by atomic mass is 16.5. The Kier molecular flexibility index (Phi) is 6.53. The average Bonchev–Trinajstić information content (AvgIpc) is 2.38. The van der Waals surface area contributed by atoms with Crippen molar-refractivity contribution in [3.8, 4) is 0 Å². The molecule has 19 heavy (non-hydrogen) atoms. The molecule has 0 aliphatic rings. The molecular formula is C15H23NO3. The van der Waals surface area contributed by atoms with Crippen LogP contribution in [0.4, 0.5) is 0 Å². The largest absolute Gasteiger partial charge is 0.481 e. The van der Waals surface area contributed by atoms with Crippen LogP contribution < -0.4 is 5.32 Å². The molecule has 2 N–H and O–H groups in total. The predicted molar refractivity (Wildman–Crippen MR) is 75.0 cm³/mol. The lowest BCUT2D eigenvalue weighted by atomic mass is 9.95. The molecule has 0 amide bonds. The number of rotatable bonds is 9. The minimum Gasteiger partial charge on any atom is -0.481 e. The fraction of sp³-hybridized carbons (Fsp3) is 0.533. The molecule has 0 aliphatic heterocycles. The van der Waals surface area contributed by atoms with Gasteiger partial charge in [0.1, 0.15) is 0 Å². The van der Waals surface area contributed by atoms with Crippen molar-refractivity contribution in [2.45, 2.75) is 26.8 Å². The molecule has 0 aliphatic carbocycles. The van der Waals surface area contributed by atoms with Crippen LogP contribution in [0.2, 0.25) is 0 Å². The van der Waals surface area contributed by atoms with Crippen LogP contribution in [0.5, 0.6) is 0 Å². The third-order valence-electron chi connectivity index (χ3n) is 2.86. The fourth-order valence-electron chi connectivity index (χ4n) is 1.52. The molecule has 0 spiro atoms. The van der Waals surface area contributed by atoms with Gasteiger partial charge in [-0.05, 0) is 32.4 Å². The van der Waals surface area contributed by atoms with Gasteiger partial charge in [-0.25, -0.2) is 0 Å². The van der Waals surface area contributed by atoms with Crippen LogP contribution in [-0.2, 0) is 16.1 Å². The van der Waals surface area contributed by atoms with E-state index in [1.165, 1.54) is 5.56 Å². The number of benzene rings is 1. The lowest BCUT2D eigenvalue weighted by Crippen LogP contribution is -2.29. The van der Waals surface area contributed by atoms with Crippen molar-refractivity contribution < 1.29 is 14.6 Å². The Morgan fingerprint density at radius 2 is 2.00 bits per heavy atom. The third-order valence-corrected chi connectivity index (χ3v) is 2.86. The number of carboxylic acids is 1. The van der Waals surface area contributed by atoms with E-state index in [2.05, 4.69) is 17.4 Å². The van der Waals surface area contributed by atoms with Crippen LogP contribution in [-0.4, -0.2) is 30.8 Å². The van der Waals surface area contributed by atoms with E-state index in [1.54, 1.807) is 13.8 Å². The van der Waals surface area contributed by atoms with E-state index in [0.29, 0.717) is 6.61 Å². The Balaban J connectivity index is 2.02. The minimum atomic E-state index is -0.824. The monoisotopic (exact) mass is 265 g/mol. The fourth-order valence-corrected chi connectivity index (χ4v) is 1.52. The molecule has 0 unspecified atom stereocenters. The highest BCUT2D eigenvalue weighted by Gasteiger charge is 2.27. The van der Waals surface area contributed by atoms with Crippen LogP contribution in [0.3, 0.4) is 0 Å². The molecule has 1 rings (SSSR count). The Morgan fingerprint density at radius 1 is 1.32 bits per heavy atom. The number of hydrogen-bond acceptors (Lipinski definition) is 3. The predicted octanol–water partition coefficient (Wildman–Crippen LogP) is 2.29. The maximum absolute atomic E-state index is 10.9. The Hall–Kier alpha value is -1.39. The standard InChI is InChI=1S/C15H23NO3/c1-15(2,14(17)18)12-19-10-6-9-16-11-13-7-4-3-5-8-13/h3-5,7-8,16H,6,9-12H2,1-2H3,(H,17,18). The summed E-state index contributed by atoms with van der Waals surface area (Å²) < 4.78 is 5.39. The van der Waals surface area contributed by atoms with E-state index in [1.807, 2.05) is 18.2 Å². The number of ether oxygens (including phenoxy) is 1. The zero-order valence-corrected chi connectivity index (χ0v) is 11.7. The second-order valence-electron chi connectivity index (χ2n) is 5.26. The topological polar surface area (TPSA) is 58.6 Å². The summed E-state index contributed by atoms with van der Waals surface area (Å²) in [7, 11) is 0. The van der Waals surface area contributed by atoms with Crippen LogP contribution >= 0.6 is 0 Å². The quantitative estimate of drug-likeness (QED) is 0.673. The Labute approximate surface area is 114 Å². The second-order valence-corrected chi connectivity index (χ2v) is 5.26. The van der Waals surface area contributed by atoms with Gasteiger partial charge in [-0.1, -0.05) is 30.3 Å². The smallest absolute Gasteiger partial charge is 0.311 e. The molecule has 0 fully saturated rings. The lowest BCUT2D eigenvalue weighted by molar-refractivity contribution is -0.150. The molecule has 4 nitrogen and oxygen atoms in total. The van der Waals surface area contributed by atoms with Gasteiger partial charge in [-0.3, -0.25) is 4.79 Å². The van der Waals surface area contributed by atoms with Gasteiger partial charge < -0.3 is 15.2 Å². The first-order valence-electron chi connectivity index (χ1n) is 6.58. The zero-order valence-electron chi connectivity index (χ0n) is 11.7. The van der Waals surface area contributed by atoms with E-state index in [-0.39, 0.29) is 6.61 Å². The van der Waals surface area contributed by atoms with Gasteiger partial charge in [0.05, 0.1) is 12.0 Å². The summed E-state index contributed by atoms with van der Waals surface area (Å²) in [6.07, 6.45) is 0.878. The maximum Gasteiger partial charge on any atom is 0.311 e. The van der Waals surface area contributed by atoms with Crippen LogP contribution in [0, 0.1) is 5.41 Å². The lowest BCUT2D eigenvalue weighted by Gasteiger charge is -2.18. The molecular weight excluding hydrogens is 242 g/mol. The van der Waals surface area contributed by atoms with E-state index < -0.39 is 11.4 Å². The van der Waals surface area contributed by atoms with Crippen LogP contribution in [0.1, 0.15) is 25.8 Å². The van der Waals surface area contributed by atoms with Gasteiger partial charge >= 0.3 is 5.97 Å². The van der Waals surface area contributed by atoms with Gasteiger partial charge in [0.2, 0.25) is 0 Å². The molecule has 0 saturated carbocycles. The Bertz CT molecular complexity index is 376. The molecule has 4 heteroatoms. The highest BCUT2D eigenvalue weighted by Crippen LogP contribution is 2.15. The van der Waals surface area contributed by atoms with Gasteiger partial charge in [0, 0.05) is 13.2 Å². The SMILES string of the molecule is CC(C)(COCCCNCc1ccccc1)C(=O)O. The van der Waals surface area contributed by atoms with Gasteiger partial charge in [0.15, 0.2) is 0 Å². The van der Waals surface area contributed by atoms with Gasteiger partial charge in [-0.15, -0.1) is 0 Å².